The van der Waals surface area contributed by atoms with Crippen molar-refractivity contribution in [2.75, 3.05) is 59.0 Å². The lowest BCUT2D eigenvalue weighted by atomic mass is 10.3. The first kappa shape index (κ1) is 12.9. The lowest BCUT2D eigenvalue weighted by Gasteiger charge is -2.34. The number of β-amino-alcohol motifs (C(OH)–C–C–N with tert-alkyl or cyclic N) is 1. The monoisotopic (exact) mass is 215 g/mol. The Balaban J connectivity index is 1.99. The molecule has 0 aromatic carbocycles. The molecule has 0 spiro atoms. The van der Waals surface area contributed by atoms with Gasteiger partial charge in [-0.15, -0.1) is 0 Å². The fraction of sp³-hybridized carbons (Fsp3) is 1.00. The van der Waals surface area contributed by atoms with Gasteiger partial charge in [-0.2, -0.15) is 0 Å². The third-order valence-corrected chi connectivity index (χ3v) is 2.91. The van der Waals surface area contributed by atoms with Gasteiger partial charge in [0.1, 0.15) is 0 Å². The van der Waals surface area contributed by atoms with Crippen molar-refractivity contribution in [3.63, 3.8) is 0 Å². The number of nitrogens with one attached hydrogen (secondary N) is 1. The van der Waals surface area contributed by atoms with Crippen LogP contribution in [0.3, 0.4) is 0 Å². The molecular weight excluding hydrogens is 190 g/mol. The lowest BCUT2D eigenvalue weighted by Crippen LogP contribution is -2.48. The molecule has 1 saturated heterocycles. The summed E-state index contributed by atoms with van der Waals surface area (Å²) in [5, 5.41) is 12.2. The first-order valence-corrected chi connectivity index (χ1v) is 6.13. The van der Waals surface area contributed by atoms with E-state index in [0.29, 0.717) is 0 Å². The summed E-state index contributed by atoms with van der Waals surface area (Å²) >= 11 is 0. The zero-order valence-corrected chi connectivity index (χ0v) is 9.91. The highest BCUT2D eigenvalue weighted by Crippen LogP contribution is 1.99. The number of aliphatic hydroxyl groups is 1. The second-order valence-electron chi connectivity index (χ2n) is 4.16. The molecule has 1 aliphatic heterocycles. The molecule has 0 amide bonds. The van der Waals surface area contributed by atoms with Crippen LogP contribution in [-0.2, 0) is 0 Å². The van der Waals surface area contributed by atoms with Gasteiger partial charge in [0, 0.05) is 45.8 Å². The van der Waals surface area contributed by atoms with Crippen LogP contribution in [0.5, 0.6) is 0 Å². The summed E-state index contributed by atoms with van der Waals surface area (Å²) in [6, 6.07) is 0. The SMILES string of the molecule is CCCNCCN1CCN(CCO)CC1. The number of nitrogens with zero attached hydrogens (tertiary/aromatic N) is 2. The first-order chi connectivity index (χ1) is 7.36. The van der Waals surface area contributed by atoms with Crippen LogP contribution in [0.25, 0.3) is 0 Å². The predicted molar refractivity (Wildman–Crippen MR) is 63.1 cm³/mol. The molecule has 0 bridgehead atoms. The zero-order chi connectivity index (χ0) is 10.9. The van der Waals surface area contributed by atoms with E-state index < -0.39 is 0 Å². The molecule has 1 fully saturated rings. The molecule has 1 heterocycles. The highest BCUT2D eigenvalue weighted by atomic mass is 16.3. The summed E-state index contributed by atoms with van der Waals surface area (Å²) in [7, 11) is 0. The topological polar surface area (TPSA) is 38.7 Å². The van der Waals surface area contributed by atoms with Crippen molar-refractivity contribution in [3.05, 3.63) is 0 Å². The van der Waals surface area contributed by atoms with Crippen molar-refractivity contribution in [2.45, 2.75) is 13.3 Å². The van der Waals surface area contributed by atoms with Crippen LogP contribution < -0.4 is 5.32 Å². The van der Waals surface area contributed by atoms with Crippen molar-refractivity contribution < 1.29 is 5.11 Å². The molecule has 0 unspecified atom stereocenters. The standard InChI is InChI=1S/C11H25N3O/c1-2-3-12-4-5-13-6-8-14(9-7-13)10-11-15/h12,15H,2-11H2,1H3. The Morgan fingerprint density at radius 2 is 1.60 bits per heavy atom. The number of piperazine rings is 1. The minimum Gasteiger partial charge on any atom is -0.395 e. The summed E-state index contributed by atoms with van der Waals surface area (Å²) in [5.74, 6) is 0. The molecule has 0 aromatic heterocycles. The molecule has 0 aliphatic carbocycles. The van der Waals surface area contributed by atoms with Gasteiger partial charge in [0.2, 0.25) is 0 Å². The molecule has 0 saturated carbocycles. The Kier molecular flexibility index (Phi) is 6.92. The van der Waals surface area contributed by atoms with Crippen molar-refractivity contribution in [1.29, 1.82) is 0 Å². The van der Waals surface area contributed by atoms with Crippen LogP contribution in [0, 0.1) is 0 Å². The third-order valence-electron chi connectivity index (χ3n) is 2.91. The Bertz CT molecular complexity index is 144. The summed E-state index contributed by atoms with van der Waals surface area (Å²) in [6.07, 6.45) is 1.21. The van der Waals surface area contributed by atoms with E-state index in [0.717, 1.165) is 52.4 Å². The summed E-state index contributed by atoms with van der Waals surface area (Å²) in [6.45, 7) is 11.2. The molecular formula is C11H25N3O. The van der Waals surface area contributed by atoms with E-state index in [-0.39, 0.29) is 6.61 Å². The van der Waals surface area contributed by atoms with E-state index in [1.54, 1.807) is 0 Å². The van der Waals surface area contributed by atoms with Crippen molar-refractivity contribution >= 4 is 0 Å². The molecule has 90 valence electrons. The average molecular weight is 215 g/mol. The number of hydrogen-bond donors (Lipinski definition) is 2. The van der Waals surface area contributed by atoms with Gasteiger partial charge < -0.3 is 10.4 Å². The van der Waals surface area contributed by atoms with Gasteiger partial charge in [0.05, 0.1) is 6.61 Å². The minimum atomic E-state index is 0.290. The Labute approximate surface area is 93.2 Å². The third kappa shape index (κ3) is 5.47. The maximum atomic E-state index is 8.82. The van der Waals surface area contributed by atoms with E-state index in [9.17, 15) is 0 Å². The summed E-state index contributed by atoms with van der Waals surface area (Å²) in [4.78, 5) is 4.83. The van der Waals surface area contributed by atoms with Gasteiger partial charge in [-0.05, 0) is 13.0 Å². The van der Waals surface area contributed by atoms with Crippen LogP contribution in [0.2, 0.25) is 0 Å². The molecule has 15 heavy (non-hydrogen) atoms. The maximum absolute atomic E-state index is 8.82. The van der Waals surface area contributed by atoms with Gasteiger partial charge in [0.25, 0.3) is 0 Å². The van der Waals surface area contributed by atoms with E-state index in [1.165, 1.54) is 6.42 Å². The number of rotatable bonds is 7. The maximum Gasteiger partial charge on any atom is 0.0558 e. The van der Waals surface area contributed by atoms with E-state index in [2.05, 4.69) is 22.0 Å². The number of aliphatic hydroxyl groups excluding tert-OH is 1. The van der Waals surface area contributed by atoms with Crippen LogP contribution >= 0.6 is 0 Å². The molecule has 2 N–H and O–H groups in total. The minimum absolute atomic E-state index is 0.290. The van der Waals surface area contributed by atoms with E-state index >= 15 is 0 Å². The molecule has 0 radical (unpaired) electrons. The van der Waals surface area contributed by atoms with E-state index in [4.69, 9.17) is 5.11 Å². The second-order valence-corrected chi connectivity index (χ2v) is 4.16. The lowest BCUT2D eigenvalue weighted by molar-refractivity contribution is 0.113. The number of hydrogen-bond acceptors (Lipinski definition) is 4. The van der Waals surface area contributed by atoms with Gasteiger partial charge in [-0.3, -0.25) is 9.80 Å². The van der Waals surface area contributed by atoms with Crippen LogP contribution in [0.15, 0.2) is 0 Å². The first-order valence-electron chi connectivity index (χ1n) is 6.13. The highest BCUT2D eigenvalue weighted by Gasteiger charge is 2.15. The molecule has 1 rings (SSSR count). The van der Waals surface area contributed by atoms with Crippen molar-refractivity contribution in [2.24, 2.45) is 0 Å². The zero-order valence-electron chi connectivity index (χ0n) is 9.91. The van der Waals surface area contributed by atoms with Crippen LogP contribution in [-0.4, -0.2) is 73.9 Å². The largest absolute Gasteiger partial charge is 0.395 e. The normalized spacial score (nSPS) is 19.6. The van der Waals surface area contributed by atoms with Gasteiger partial charge in [-0.1, -0.05) is 6.92 Å². The average Bonchev–Trinajstić information content (AvgIpc) is 2.27. The highest BCUT2D eigenvalue weighted by molar-refractivity contribution is 4.71. The smallest absolute Gasteiger partial charge is 0.0558 e. The van der Waals surface area contributed by atoms with Gasteiger partial charge >= 0.3 is 0 Å². The van der Waals surface area contributed by atoms with Crippen molar-refractivity contribution in [3.8, 4) is 0 Å². The second kappa shape index (κ2) is 8.05. The molecule has 4 heteroatoms. The summed E-state index contributed by atoms with van der Waals surface area (Å²) < 4.78 is 0. The Morgan fingerprint density at radius 3 is 2.13 bits per heavy atom. The van der Waals surface area contributed by atoms with Gasteiger partial charge in [0.15, 0.2) is 0 Å². The van der Waals surface area contributed by atoms with E-state index in [1.807, 2.05) is 0 Å². The molecule has 0 aromatic rings. The Morgan fingerprint density at radius 1 is 1.00 bits per heavy atom. The summed E-state index contributed by atoms with van der Waals surface area (Å²) in [5.41, 5.74) is 0. The fourth-order valence-electron chi connectivity index (χ4n) is 1.92. The van der Waals surface area contributed by atoms with Gasteiger partial charge in [-0.25, -0.2) is 0 Å². The van der Waals surface area contributed by atoms with Crippen molar-refractivity contribution in [1.82, 2.24) is 15.1 Å². The molecule has 4 nitrogen and oxygen atoms in total. The molecule has 0 atom stereocenters. The fourth-order valence-corrected chi connectivity index (χ4v) is 1.92. The quantitative estimate of drug-likeness (QED) is 0.567. The van der Waals surface area contributed by atoms with Crippen LogP contribution in [0.4, 0.5) is 0 Å². The van der Waals surface area contributed by atoms with Crippen LogP contribution in [0.1, 0.15) is 13.3 Å². The Hall–Kier alpha value is -0.160. The molecule has 1 aliphatic rings. The predicted octanol–water partition coefficient (Wildman–Crippen LogP) is -0.404.